The molecule has 16 atom stereocenters. The largest absolute Gasteiger partial charge is 0.394 e. The summed E-state index contributed by atoms with van der Waals surface area (Å²) in [6, 6.07) is 0. The Bertz CT molecular complexity index is 2040. The highest BCUT2D eigenvalue weighted by Crippen LogP contribution is 2.47. The van der Waals surface area contributed by atoms with Gasteiger partial charge in [0, 0.05) is 95.9 Å². The fourth-order valence-corrected chi connectivity index (χ4v) is 11.7. The molecule has 0 bridgehead atoms. The van der Waals surface area contributed by atoms with Crippen molar-refractivity contribution in [1.29, 1.82) is 0 Å². The smallest absolute Gasteiger partial charge is 0.330 e. The third-order valence-corrected chi connectivity index (χ3v) is 19.5. The summed E-state index contributed by atoms with van der Waals surface area (Å²) >= 11 is 0. The van der Waals surface area contributed by atoms with Crippen LogP contribution < -0.4 is 26.6 Å². The number of nitrogens with one attached hydrogen (secondary N) is 5. The molecule has 98 heavy (non-hydrogen) atoms. The van der Waals surface area contributed by atoms with Crippen LogP contribution in [0.5, 0.6) is 0 Å². The van der Waals surface area contributed by atoms with Crippen LogP contribution in [0, 0.1) is 17.8 Å². The lowest BCUT2D eigenvalue weighted by Gasteiger charge is -2.40. The predicted molar refractivity (Wildman–Crippen MR) is 356 cm³/mol. The van der Waals surface area contributed by atoms with Gasteiger partial charge in [0.25, 0.3) is 0 Å². The first-order chi connectivity index (χ1) is 46.9. The number of unbranched alkanes of at least 4 members (excludes halogenated alkanes) is 12. The van der Waals surface area contributed by atoms with Crippen molar-refractivity contribution in [1.82, 2.24) is 26.6 Å². The van der Waals surface area contributed by atoms with Crippen LogP contribution in [0.4, 0.5) is 0 Å². The summed E-state index contributed by atoms with van der Waals surface area (Å²) < 4.78 is 69.8. The van der Waals surface area contributed by atoms with E-state index in [-0.39, 0.29) is 108 Å². The van der Waals surface area contributed by atoms with E-state index >= 15 is 0 Å². The molecule has 3 heterocycles. The number of aliphatic hydroxyl groups excluding tert-OH is 9. The van der Waals surface area contributed by atoms with Crippen LogP contribution in [0.25, 0.3) is 0 Å². The fraction of sp³-hybridized carbons (Fsp3) is 0.924. The van der Waals surface area contributed by atoms with E-state index in [9.17, 15) is 79.4 Å². The molecule has 3 aliphatic rings. The number of carbonyl (C=O) groups excluding carboxylic acids is 5. The minimum absolute atomic E-state index is 0.0280. The van der Waals surface area contributed by atoms with Gasteiger partial charge in [-0.3, -0.25) is 28.5 Å². The van der Waals surface area contributed by atoms with Crippen LogP contribution >= 0.6 is 7.60 Å². The van der Waals surface area contributed by atoms with Crippen molar-refractivity contribution in [3.8, 4) is 0 Å². The van der Waals surface area contributed by atoms with Crippen LogP contribution in [-0.4, -0.2) is 277 Å². The molecule has 7 unspecified atom stereocenters. The van der Waals surface area contributed by atoms with Gasteiger partial charge in [-0.05, 0) is 57.8 Å². The number of rotatable bonds is 56. The number of amides is 5. The van der Waals surface area contributed by atoms with Gasteiger partial charge in [0.05, 0.1) is 90.0 Å². The molecule has 15 N–H and O–H groups in total. The molecular weight excluding hydrogens is 1310 g/mol. The Balaban J connectivity index is 1.56. The van der Waals surface area contributed by atoms with Crippen molar-refractivity contribution in [2.45, 2.75) is 261 Å². The lowest BCUT2D eigenvalue weighted by Crippen LogP contribution is -2.58. The Morgan fingerprint density at radius 3 is 0.990 bits per heavy atom. The monoisotopic (exact) mass is 1430 g/mol. The maximum Gasteiger partial charge on any atom is 0.330 e. The molecule has 0 saturated carbocycles. The fourth-order valence-electron chi connectivity index (χ4n) is 11.1. The van der Waals surface area contributed by atoms with E-state index in [0.717, 1.165) is 51.4 Å². The quantitative estimate of drug-likeness (QED) is 0.0296. The molecule has 574 valence electrons. The standard InChI is InChI=1S/C66H124N5O26P/c1-45(2)98(86,87)94-35-21-13-9-17-28-67-52(75)23-22-24-56(79)71-66(42-88-36-25-53(76)68-29-14-6-10-18-32-91-63-46(3)57(80)60(83)49(39-72)95-63,43-89-37-26-54(77)69-30-15-7-11-19-33-92-64-47(4)58(81)61(84)50(40-73)96-64)44-90-38-27-55(78)70-31-16-8-12-20-34-93-65-48(5)59(82)62(85)51(41-74)97-65/h45-51,57-65,72-74,80-85H,6-44H2,1-5H3,(H,67,75)(H,68,76)(H,69,77)(H,70,78)(H,71,79)(H,86,87)/t46-,47-,48-,49?,50?,51?,57?,58?,59?,60-,61-,62-,63+,64+,65+,66?/m0/s1. The number of ether oxygens (including phenoxy) is 9. The molecule has 0 aromatic heterocycles. The van der Waals surface area contributed by atoms with E-state index in [2.05, 4.69) is 26.6 Å². The average molecular weight is 1430 g/mol. The molecule has 5 amide bonds. The zero-order chi connectivity index (χ0) is 72.3. The summed E-state index contributed by atoms with van der Waals surface area (Å²) in [4.78, 5) is 75.6. The summed E-state index contributed by atoms with van der Waals surface area (Å²) in [6.45, 7) is 8.95. The second-order valence-corrected chi connectivity index (χ2v) is 28.9. The molecule has 3 saturated heterocycles. The van der Waals surface area contributed by atoms with Crippen LogP contribution in [0.15, 0.2) is 0 Å². The number of aliphatic hydroxyl groups is 9. The Morgan fingerprint density at radius 2 is 0.684 bits per heavy atom. The minimum atomic E-state index is -3.63. The molecule has 0 aromatic rings. The first-order valence-electron chi connectivity index (χ1n) is 35.7. The van der Waals surface area contributed by atoms with E-state index in [0.29, 0.717) is 97.4 Å². The summed E-state index contributed by atoms with van der Waals surface area (Å²) in [6.07, 6.45) is -0.463. The van der Waals surface area contributed by atoms with Gasteiger partial charge in [0.2, 0.25) is 29.5 Å². The molecule has 0 aromatic carbocycles. The highest BCUT2D eigenvalue weighted by atomic mass is 31.2. The van der Waals surface area contributed by atoms with Crippen LogP contribution in [-0.2, 0) is 75.7 Å². The summed E-state index contributed by atoms with van der Waals surface area (Å²) in [5, 5.41) is 104. The van der Waals surface area contributed by atoms with E-state index in [1.165, 1.54) is 0 Å². The van der Waals surface area contributed by atoms with Crippen molar-refractivity contribution in [2.24, 2.45) is 17.8 Å². The molecular formula is C66H124N5O26P. The maximum atomic E-state index is 13.9. The van der Waals surface area contributed by atoms with E-state index in [1.54, 1.807) is 34.6 Å². The number of hydrogen-bond acceptors (Lipinski definition) is 25. The lowest BCUT2D eigenvalue weighted by molar-refractivity contribution is -0.282. The first-order valence-corrected chi connectivity index (χ1v) is 37.4. The molecule has 3 fully saturated rings. The van der Waals surface area contributed by atoms with E-state index in [1.807, 2.05) is 0 Å². The van der Waals surface area contributed by atoms with Gasteiger partial charge in [-0.1, -0.05) is 86.0 Å². The lowest BCUT2D eigenvalue weighted by atomic mass is 9.92. The van der Waals surface area contributed by atoms with Gasteiger partial charge < -0.3 is 125 Å². The van der Waals surface area contributed by atoms with Crippen molar-refractivity contribution >= 4 is 37.1 Å². The van der Waals surface area contributed by atoms with Gasteiger partial charge in [-0.25, -0.2) is 0 Å². The van der Waals surface area contributed by atoms with Gasteiger partial charge in [0.15, 0.2) is 18.9 Å². The molecule has 31 nitrogen and oxygen atoms in total. The third kappa shape index (κ3) is 35.3. The number of carbonyl (C=O) groups is 5. The highest BCUT2D eigenvalue weighted by Gasteiger charge is 2.45. The van der Waals surface area contributed by atoms with Crippen molar-refractivity contribution in [2.75, 3.05) is 112 Å². The third-order valence-electron chi connectivity index (χ3n) is 17.7. The minimum Gasteiger partial charge on any atom is -0.394 e. The first kappa shape index (κ1) is 89.0. The molecule has 3 aliphatic heterocycles. The van der Waals surface area contributed by atoms with Crippen molar-refractivity contribution in [3.05, 3.63) is 0 Å². The Labute approximate surface area is 579 Å². The van der Waals surface area contributed by atoms with Gasteiger partial charge >= 0.3 is 7.60 Å². The average Bonchev–Trinajstić information content (AvgIpc) is 0.850. The SMILES string of the molecule is CC(C)P(=O)(O)OCCCCCCNC(=O)CCCC(=O)NC(COCCC(=O)NCCCCCCO[C@@H]1OC(CO)[C@H](O)C(O)[C@@H]1C)(COCCC(=O)NCCCCCCO[C@@H]1OC(CO)[C@H](O)C(O)[C@@H]1C)COCCC(=O)NCCCCCCO[C@@H]1OC(CO)[C@H](O)C(O)[C@@H]1C. The van der Waals surface area contributed by atoms with E-state index < -0.39 is 136 Å². The van der Waals surface area contributed by atoms with E-state index in [4.69, 9.17) is 47.2 Å². The van der Waals surface area contributed by atoms with Crippen LogP contribution in [0.3, 0.4) is 0 Å². The zero-order valence-electron chi connectivity index (χ0n) is 58.8. The predicted octanol–water partition coefficient (Wildman–Crippen LogP) is 0.824. The van der Waals surface area contributed by atoms with Gasteiger partial charge in [0.1, 0.15) is 42.2 Å². The van der Waals surface area contributed by atoms with Crippen molar-refractivity contribution < 1.29 is 127 Å². The molecule has 0 radical (unpaired) electrons. The summed E-state index contributed by atoms with van der Waals surface area (Å²) in [5.41, 5.74) is -1.89. The Morgan fingerprint density at radius 1 is 0.398 bits per heavy atom. The molecule has 3 rings (SSSR count). The summed E-state index contributed by atoms with van der Waals surface area (Å²) in [7, 11) is -3.63. The number of hydrogen-bond donors (Lipinski definition) is 15. The van der Waals surface area contributed by atoms with Crippen LogP contribution in [0.2, 0.25) is 0 Å². The van der Waals surface area contributed by atoms with Gasteiger partial charge in [-0.15, -0.1) is 0 Å². The Kier molecular flexibility index (Phi) is 46.3. The summed E-state index contributed by atoms with van der Waals surface area (Å²) in [5.74, 6) is -3.01. The zero-order valence-corrected chi connectivity index (χ0v) is 59.7. The van der Waals surface area contributed by atoms with Crippen molar-refractivity contribution in [3.63, 3.8) is 0 Å². The maximum absolute atomic E-state index is 13.9. The second kappa shape index (κ2) is 51.0. The molecule has 32 heteroatoms. The normalized spacial score (nSPS) is 27.0. The highest BCUT2D eigenvalue weighted by molar-refractivity contribution is 7.53. The topological polar surface area (TPSA) is 457 Å². The van der Waals surface area contributed by atoms with Gasteiger partial charge in [-0.2, -0.15) is 0 Å². The Hall–Kier alpha value is -3.22. The molecule has 0 aliphatic carbocycles. The second-order valence-electron chi connectivity index (χ2n) is 26.4. The molecule has 0 spiro atoms. The van der Waals surface area contributed by atoms with Crippen LogP contribution in [0.1, 0.15) is 176 Å².